The first kappa shape index (κ1) is 14.7. The van der Waals surface area contributed by atoms with E-state index in [1.54, 1.807) is 6.92 Å². The molecule has 0 aliphatic heterocycles. The standard InChI is InChI=1S/C14H18N2O3S/c1-5-19-12(18)6-9-10(7-17)16-11(14(2,3)4)8-20-13(16)15-9/h7-8H,5-6H2,1-4H3. The fourth-order valence-electron chi connectivity index (χ4n) is 2.04. The second-order valence-electron chi connectivity index (χ2n) is 5.53. The molecular formula is C14H18N2O3S. The third kappa shape index (κ3) is 2.60. The van der Waals surface area contributed by atoms with E-state index in [9.17, 15) is 9.59 Å². The molecule has 2 aromatic heterocycles. The summed E-state index contributed by atoms with van der Waals surface area (Å²) in [5, 5.41) is 2.00. The molecule has 2 heterocycles. The predicted octanol–water partition coefficient (Wildman–Crippen LogP) is 2.61. The van der Waals surface area contributed by atoms with Crippen LogP contribution in [-0.4, -0.2) is 28.2 Å². The Labute approximate surface area is 121 Å². The van der Waals surface area contributed by atoms with Crippen LogP contribution in [0.3, 0.4) is 0 Å². The van der Waals surface area contributed by atoms with Crippen molar-refractivity contribution in [2.24, 2.45) is 0 Å². The highest BCUT2D eigenvalue weighted by Crippen LogP contribution is 2.29. The first-order chi connectivity index (χ1) is 9.38. The van der Waals surface area contributed by atoms with E-state index in [2.05, 4.69) is 25.8 Å². The molecule has 2 aromatic rings. The van der Waals surface area contributed by atoms with E-state index in [-0.39, 0.29) is 17.8 Å². The Kier molecular flexibility index (Phi) is 3.94. The molecule has 108 valence electrons. The molecule has 20 heavy (non-hydrogen) atoms. The number of ether oxygens (including phenoxy) is 1. The lowest BCUT2D eigenvalue weighted by Crippen LogP contribution is -2.15. The molecular weight excluding hydrogens is 276 g/mol. The lowest BCUT2D eigenvalue weighted by Gasteiger charge is -2.17. The second-order valence-corrected chi connectivity index (χ2v) is 6.37. The fraction of sp³-hybridized carbons (Fsp3) is 0.500. The van der Waals surface area contributed by atoms with Gasteiger partial charge in [-0.05, 0) is 6.92 Å². The quantitative estimate of drug-likeness (QED) is 0.642. The summed E-state index contributed by atoms with van der Waals surface area (Å²) >= 11 is 1.47. The average molecular weight is 294 g/mol. The highest BCUT2D eigenvalue weighted by Gasteiger charge is 2.24. The summed E-state index contributed by atoms with van der Waals surface area (Å²) in [5.74, 6) is -0.362. The summed E-state index contributed by atoms with van der Waals surface area (Å²) in [5.41, 5.74) is 1.84. The van der Waals surface area contributed by atoms with Crippen molar-refractivity contribution < 1.29 is 14.3 Å². The predicted molar refractivity (Wildman–Crippen MR) is 77.5 cm³/mol. The molecule has 5 nitrogen and oxygen atoms in total. The van der Waals surface area contributed by atoms with Crippen molar-refractivity contribution in [2.75, 3.05) is 6.61 Å². The number of aromatic nitrogens is 2. The van der Waals surface area contributed by atoms with E-state index < -0.39 is 0 Å². The summed E-state index contributed by atoms with van der Waals surface area (Å²) in [4.78, 5) is 28.1. The normalized spacial score (nSPS) is 11.8. The molecule has 0 aliphatic rings. The molecule has 0 N–H and O–H groups in total. The number of thiazole rings is 1. The van der Waals surface area contributed by atoms with Gasteiger partial charge >= 0.3 is 5.97 Å². The number of imidazole rings is 1. The maximum atomic E-state index is 11.6. The Balaban J connectivity index is 2.51. The molecule has 0 bridgehead atoms. The number of aldehydes is 1. The molecule has 0 amide bonds. The van der Waals surface area contributed by atoms with Crippen LogP contribution in [-0.2, 0) is 21.4 Å². The number of hydrogen-bond donors (Lipinski definition) is 0. The number of carbonyl (C=O) groups is 2. The number of fused-ring (bicyclic) bond motifs is 1. The van der Waals surface area contributed by atoms with Gasteiger partial charge in [-0.15, -0.1) is 11.3 Å². The van der Waals surface area contributed by atoms with Crippen LogP contribution in [0, 0.1) is 0 Å². The van der Waals surface area contributed by atoms with Crippen LogP contribution in [0.5, 0.6) is 0 Å². The van der Waals surface area contributed by atoms with Crippen molar-refractivity contribution in [3.05, 3.63) is 22.5 Å². The highest BCUT2D eigenvalue weighted by atomic mass is 32.1. The van der Waals surface area contributed by atoms with Gasteiger partial charge < -0.3 is 4.74 Å². The largest absolute Gasteiger partial charge is 0.466 e. The average Bonchev–Trinajstić information content (AvgIpc) is 2.85. The van der Waals surface area contributed by atoms with Gasteiger partial charge in [0.25, 0.3) is 0 Å². The summed E-state index contributed by atoms with van der Waals surface area (Å²) in [6.45, 7) is 8.31. The number of nitrogens with zero attached hydrogens (tertiary/aromatic N) is 2. The SMILES string of the molecule is CCOC(=O)Cc1nc2scc(C(C)(C)C)n2c1C=O. The molecule has 0 fully saturated rings. The number of hydrogen-bond acceptors (Lipinski definition) is 5. The molecule has 0 aliphatic carbocycles. The van der Waals surface area contributed by atoms with Crippen molar-refractivity contribution in [1.82, 2.24) is 9.38 Å². The molecule has 0 spiro atoms. The molecule has 6 heteroatoms. The van der Waals surface area contributed by atoms with Crippen molar-refractivity contribution in [3.63, 3.8) is 0 Å². The summed E-state index contributed by atoms with van der Waals surface area (Å²) in [6.07, 6.45) is 0.788. The van der Waals surface area contributed by atoms with Gasteiger partial charge in [0.2, 0.25) is 0 Å². The Hall–Kier alpha value is -1.69. The Morgan fingerprint density at radius 3 is 2.75 bits per heavy atom. The summed E-state index contributed by atoms with van der Waals surface area (Å²) in [7, 11) is 0. The van der Waals surface area contributed by atoms with Gasteiger partial charge in [0.15, 0.2) is 11.2 Å². The lowest BCUT2D eigenvalue weighted by molar-refractivity contribution is -0.142. The van der Waals surface area contributed by atoms with Crippen LogP contribution in [0.15, 0.2) is 5.38 Å². The lowest BCUT2D eigenvalue weighted by atomic mass is 9.93. The van der Waals surface area contributed by atoms with E-state index >= 15 is 0 Å². The van der Waals surface area contributed by atoms with Gasteiger partial charge in [-0.25, -0.2) is 4.98 Å². The third-order valence-electron chi connectivity index (χ3n) is 2.97. The van der Waals surface area contributed by atoms with Gasteiger partial charge in [0.05, 0.1) is 18.7 Å². The zero-order chi connectivity index (χ0) is 14.9. The van der Waals surface area contributed by atoms with Gasteiger partial charge in [0.1, 0.15) is 5.69 Å². The van der Waals surface area contributed by atoms with E-state index in [0.29, 0.717) is 18.0 Å². The second kappa shape index (κ2) is 5.36. The van der Waals surface area contributed by atoms with Crippen LogP contribution in [0.4, 0.5) is 0 Å². The molecule has 0 saturated heterocycles. The minimum atomic E-state index is -0.362. The zero-order valence-electron chi connectivity index (χ0n) is 12.1. The van der Waals surface area contributed by atoms with Crippen LogP contribution in [0.2, 0.25) is 0 Å². The van der Waals surface area contributed by atoms with Crippen LogP contribution >= 0.6 is 11.3 Å². The fourth-order valence-corrected chi connectivity index (χ4v) is 3.18. The summed E-state index contributed by atoms with van der Waals surface area (Å²) < 4.78 is 6.75. The van der Waals surface area contributed by atoms with E-state index in [0.717, 1.165) is 16.9 Å². The molecule has 0 atom stereocenters. The maximum Gasteiger partial charge on any atom is 0.311 e. The summed E-state index contributed by atoms with van der Waals surface area (Å²) in [6, 6.07) is 0. The smallest absolute Gasteiger partial charge is 0.311 e. The van der Waals surface area contributed by atoms with Gasteiger partial charge in [-0.2, -0.15) is 0 Å². The first-order valence-corrected chi connectivity index (χ1v) is 7.36. The minimum Gasteiger partial charge on any atom is -0.466 e. The van der Waals surface area contributed by atoms with E-state index in [1.165, 1.54) is 11.3 Å². The maximum absolute atomic E-state index is 11.6. The molecule has 0 radical (unpaired) electrons. The molecule has 2 rings (SSSR count). The molecule has 0 saturated carbocycles. The minimum absolute atomic E-state index is 0.0277. The molecule has 0 unspecified atom stereocenters. The van der Waals surface area contributed by atoms with Crippen LogP contribution < -0.4 is 0 Å². The van der Waals surface area contributed by atoms with Gasteiger partial charge in [-0.1, -0.05) is 20.8 Å². The van der Waals surface area contributed by atoms with Crippen molar-refractivity contribution in [2.45, 2.75) is 39.5 Å². The first-order valence-electron chi connectivity index (χ1n) is 6.48. The van der Waals surface area contributed by atoms with Gasteiger partial charge in [-0.3, -0.25) is 14.0 Å². The van der Waals surface area contributed by atoms with Crippen molar-refractivity contribution in [3.8, 4) is 0 Å². The van der Waals surface area contributed by atoms with E-state index in [1.807, 2.05) is 9.78 Å². The number of carbonyl (C=O) groups excluding carboxylic acids is 2. The number of esters is 1. The zero-order valence-corrected chi connectivity index (χ0v) is 12.9. The van der Waals surface area contributed by atoms with Crippen LogP contribution in [0.25, 0.3) is 4.96 Å². The van der Waals surface area contributed by atoms with Crippen molar-refractivity contribution in [1.29, 1.82) is 0 Å². The van der Waals surface area contributed by atoms with Crippen molar-refractivity contribution >= 4 is 28.6 Å². The Morgan fingerprint density at radius 1 is 1.50 bits per heavy atom. The Morgan fingerprint density at radius 2 is 2.20 bits per heavy atom. The topological polar surface area (TPSA) is 60.7 Å². The van der Waals surface area contributed by atoms with E-state index in [4.69, 9.17) is 4.74 Å². The third-order valence-corrected chi connectivity index (χ3v) is 3.80. The molecule has 0 aromatic carbocycles. The highest BCUT2D eigenvalue weighted by molar-refractivity contribution is 7.15. The van der Waals surface area contributed by atoms with Gasteiger partial charge in [0, 0.05) is 16.5 Å². The number of rotatable bonds is 4. The monoisotopic (exact) mass is 294 g/mol. The Bertz CT molecular complexity index is 649. The van der Waals surface area contributed by atoms with Crippen LogP contribution in [0.1, 0.15) is 49.6 Å².